The molecular formula is C11H14Cl2O2. The molecule has 1 N–H and O–H groups in total. The van der Waals surface area contributed by atoms with Gasteiger partial charge in [-0.3, -0.25) is 0 Å². The van der Waals surface area contributed by atoms with Crippen LogP contribution < -0.4 is 0 Å². The highest BCUT2D eigenvalue weighted by molar-refractivity contribution is 6.33. The average Bonchev–Trinajstić information content (AvgIpc) is 2.22. The van der Waals surface area contributed by atoms with E-state index in [9.17, 15) is 5.11 Å². The molecule has 84 valence electrons. The van der Waals surface area contributed by atoms with Gasteiger partial charge in [-0.15, -0.1) is 0 Å². The molecule has 0 radical (unpaired) electrons. The summed E-state index contributed by atoms with van der Waals surface area (Å²) in [7, 11) is 1.56. The lowest BCUT2D eigenvalue weighted by atomic mass is 10.0. The number of methoxy groups -OCH3 is 1. The Kier molecular flexibility index (Phi) is 4.87. The van der Waals surface area contributed by atoms with E-state index in [2.05, 4.69) is 0 Å². The van der Waals surface area contributed by atoms with Gasteiger partial charge < -0.3 is 9.84 Å². The van der Waals surface area contributed by atoms with Crippen molar-refractivity contribution >= 4 is 23.2 Å². The second-order valence-electron chi connectivity index (χ2n) is 3.45. The molecule has 0 fully saturated rings. The molecule has 0 saturated heterocycles. The second-order valence-corrected chi connectivity index (χ2v) is 4.29. The minimum atomic E-state index is -0.578. The Morgan fingerprint density at radius 3 is 2.67 bits per heavy atom. The zero-order chi connectivity index (χ0) is 11.4. The van der Waals surface area contributed by atoms with Crippen molar-refractivity contribution in [2.24, 2.45) is 0 Å². The van der Waals surface area contributed by atoms with E-state index in [-0.39, 0.29) is 6.10 Å². The lowest BCUT2D eigenvalue weighted by Crippen LogP contribution is -2.27. The topological polar surface area (TPSA) is 29.5 Å². The van der Waals surface area contributed by atoms with Crippen molar-refractivity contribution in [2.45, 2.75) is 25.6 Å². The van der Waals surface area contributed by atoms with Gasteiger partial charge in [0.05, 0.1) is 12.2 Å². The van der Waals surface area contributed by atoms with Crippen LogP contribution in [0.25, 0.3) is 0 Å². The molecule has 0 spiro atoms. The van der Waals surface area contributed by atoms with Crippen molar-refractivity contribution in [1.82, 2.24) is 0 Å². The molecule has 0 aliphatic carbocycles. The van der Waals surface area contributed by atoms with E-state index in [1.807, 2.05) is 6.92 Å². The monoisotopic (exact) mass is 248 g/mol. The SMILES string of the molecule is COC(C)C(O)Cc1cc(Cl)ccc1Cl. The molecule has 0 heterocycles. The van der Waals surface area contributed by atoms with Gasteiger partial charge in [-0.1, -0.05) is 23.2 Å². The molecule has 0 saturated carbocycles. The molecule has 1 aromatic rings. The van der Waals surface area contributed by atoms with Gasteiger partial charge in [0.15, 0.2) is 0 Å². The minimum Gasteiger partial charge on any atom is -0.390 e. The molecule has 4 heteroatoms. The fourth-order valence-corrected chi connectivity index (χ4v) is 1.64. The van der Waals surface area contributed by atoms with E-state index in [0.29, 0.717) is 16.5 Å². The third-order valence-corrected chi connectivity index (χ3v) is 2.95. The Labute approximate surface area is 99.8 Å². The van der Waals surface area contributed by atoms with E-state index >= 15 is 0 Å². The summed E-state index contributed by atoms with van der Waals surface area (Å²) in [6, 6.07) is 5.21. The van der Waals surface area contributed by atoms with Gasteiger partial charge >= 0.3 is 0 Å². The van der Waals surface area contributed by atoms with Crippen molar-refractivity contribution in [2.75, 3.05) is 7.11 Å². The number of aliphatic hydroxyl groups is 1. The minimum absolute atomic E-state index is 0.222. The van der Waals surface area contributed by atoms with Gasteiger partial charge in [0.25, 0.3) is 0 Å². The van der Waals surface area contributed by atoms with E-state index in [0.717, 1.165) is 5.56 Å². The van der Waals surface area contributed by atoms with Crippen LogP contribution >= 0.6 is 23.2 Å². The smallest absolute Gasteiger partial charge is 0.0839 e. The first-order chi connectivity index (χ1) is 7.04. The van der Waals surface area contributed by atoms with Crippen LogP contribution in [0.1, 0.15) is 12.5 Å². The molecule has 1 rings (SSSR count). The zero-order valence-electron chi connectivity index (χ0n) is 8.71. The van der Waals surface area contributed by atoms with Crippen molar-refractivity contribution in [3.8, 4) is 0 Å². The lowest BCUT2D eigenvalue weighted by Gasteiger charge is -2.17. The molecule has 0 amide bonds. The molecule has 2 nitrogen and oxygen atoms in total. The number of hydrogen-bond donors (Lipinski definition) is 1. The molecule has 0 aliphatic rings. The molecule has 0 aromatic heterocycles. The van der Waals surface area contributed by atoms with Crippen LogP contribution in [0.3, 0.4) is 0 Å². The van der Waals surface area contributed by atoms with Crippen molar-refractivity contribution in [3.63, 3.8) is 0 Å². The second kappa shape index (κ2) is 5.71. The van der Waals surface area contributed by atoms with Crippen molar-refractivity contribution < 1.29 is 9.84 Å². The summed E-state index contributed by atoms with van der Waals surface area (Å²) in [6.07, 6.45) is -0.361. The fraction of sp³-hybridized carbons (Fsp3) is 0.455. The first-order valence-electron chi connectivity index (χ1n) is 4.69. The highest BCUT2D eigenvalue weighted by Crippen LogP contribution is 2.22. The number of benzene rings is 1. The third kappa shape index (κ3) is 3.65. The number of ether oxygens (including phenoxy) is 1. The Morgan fingerprint density at radius 1 is 1.40 bits per heavy atom. The summed E-state index contributed by atoms with van der Waals surface area (Å²) in [4.78, 5) is 0. The number of aliphatic hydroxyl groups excluding tert-OH is 1. The Morgan fingerprint density at radius 2 is 2.07 bits per heavy atom. The van der Waals surface area contributed by atoms with Crippen LogP contribution in [0.2, 0.25) is 10.0 Å². The Bertz CT molecular complexity index is 328. The predicted octanol–water partition coefficient (Wildman–Crippen LogP) is 2.93. The van der Waals surface area contributed by atoms with Crippen molar-refractivity contribution in [1.29, 1.82) is 0 Å². The quantitative estimate of drug-likeness (QED) is 0.888. The Balaban J connectivity index is 2.75. The van der Waals surface area contributed by atoms with Crippen LogP contribution in [-0.4, -0.2) is 24.4 Å². The lowest BCUT2D eigenvalue weighted by molar-refractivity contribution is 0.000419. The number of rotatable bonds is 4. The molecular weight excluding hydrogens is 235 g/mol. The van der Waals surface area contributed by atoms with Crippen LogP contribution in [-0.2, 0) is 11.2 Å². The normalized spacial score (nSPS) is 15.0. The van der Waals surface area contributed by atoms with Gasteiger partial charge in [-0.2, -0.15) is 0 Å². The molecule has 2 atom stereocenters. The van der Waals surface area contributed by atoms with Gasteiger partial charge in [0, 0.05) is 23.6 Å². The van der Waals surface area contributed by atoms with Crippen LogP contribution in [0.4, 0.5) is 0 Å². The highest BCUT2D eigenvalue weighted by Gasteiger charge is 2.15. The van der Waals surface area contributed by atoms with E-state index in [1.54, 1.807) is 25.3 Å². The first-order valence-corrected chi connectivity index (χ1v) is 5.45. The van der Waals surface area contributed by atoms with Gasteiger partial charge in [0.2, 0.25) is 0 Å². The molecule has 1 aromatic carbocycles. The van der Waals surface area contributed by atoms with Gasteiger partial charge in [-0.05, 0) is 30.7 Å². The zero-order valence-corrected chi connectivity index (χ0v) is 10.2. The van der Waals surface area contributed by atoms with E-state index < -0.39 is 6.10 Å². The molecule has 2 unspecified atom stereocenters. The number of halogens is 2. The molecule has 0 bridgehead atoms. The standard InChI is InChI=1S/C11H14Cl2O2/c1-7(15-2)11(14)6-8-5-9(12)3-4-10(8)13/h3-5,7,11,14H,6H2,1-2H3. The third-order valence-electron chi connectivity index (χ3n) is 2.35. The summed E-state index contributed by atoms with van der Waals surface area (Å²) < 4.78 is 5.03. The first kappa shape index (κ1) is 12.8. The summed E-state index contributed by atoms with van der Waals surface area (Å²) in [5, 5.41) is 11.0. The predicted molar refractivity (Wildman–Crippen MR) is 62.6 cm³/mol. The molecule has 0 aliphatic heterocycles. The van der Waals surface area contributed by atoms with Gasteiger partial charge in [-0.25, -0.2) is 0 Å². The Hall–Kier alpha value is -0.280. The maximum atomic E-state index is 9.76. The summed E-state index contributed by atoms with van der Waals surface area (Å²) in [5.41, 5.74) is 0.834. The van der Waals surface area contributed by atoms with Crippen molar-refractivity contribution in [3.05, 3.63) is 33.8 Å². The largest absolute Gasteiger partial charge is 0.390 e. The fourth-order valence-electron chi connectivity index (χ4n) is 1.25. The van der Waals surface area contributed by atoms with Crippen LogP contribution in [0.15, 0.2) is 18.2 Å². The van der Waals surface area contributed by atoms with Crippen LogP contribution in [0, 0.1) is 0 Å². The summed E-state index contributed by atoms with van der Waals surface area (Å²) >= 11 is 11.8. The highest BCUT2D eigenvalue weighted by atomic mass is 35.5. The van der Waals surface area contributed by atoms with E-state index in [1.165, 1.54) is 0 Å². The maximum absolute atomic E-state index is 9.76. The number of hydrogen-bond acceptors (Lipinski definition) is 2. The van der Waals surface area contributed by atoms with Crippen LogP contribution in [0.5, 0.6) is 0 Å². The van der Waals surface area contributed by atoms with Gasteiger partial charge in [0.1, 0.15) is 0 Å². The maximum Gasteiger partial charge on any atom is 0.0839 e. The molecule has 15 heavy (non-hydrogen) atoms. The summed E-state index contributed by atoms with van der Waals surface area (Å²) in [5.74, 6) is 0. The van der Waals surface area contributed by atoms with E-state index in [4.69, 9.17) is 27.9 Å². The average molecular weight is 249 g/mol. The summed E-state index contributed by atoms with van der Waals surface area (Å²) in [6.45, 7) is 1.81.